The summed E-state index contributed by atoms with van der Waals surface area (Å²) in [6.45, 7) is 3.23. The van der Waals surface area contributed by atoms with Gasteiger partial charge in [0.05, 0.1) is 11.6 Å². The number of likely N-dealkylation sites (tertiary alicyclic amines) is 1. The number of piperidine rings is 1. The lowest BCUT2D eigenvalue weighted by Crippen LogP contribution is -2.35. The Morgan fingerprint density at radius 1 is 1.04 bits per heavy atom. The van der Waals surface area contributed by atoms with Crippen molar-refractivity contribution in [3.63, 3.8) is 0 Å². The van der Waals surface area contributed by atoms with E-state index in [0.717, 1.165) is 45.2 Å². The summed E-state index contributed by atoms with van der Waals surface area (Å²) in [5.74, 6) is -0.134. The highest BCUT2D eigenvalue weighted by Crippen LogP contribution is 2.29. The molecular weight excluding hydrogens is 362 g/mol. The summed E-state index contributed by atoms with van der Waals surface area (Å²) >= 11 is 6.15. The van der Waals surface area contributed by atoms with E-state index in [4.69, 9.17) is 11.6 Å². The van der Waals surface area contributed by atoms with Crippen LogP contribution in [0.2, 0.25) is 5.02 Å². The first kappa shape index (κ1) is 18.6. The molecule has 1 aromatic carbocycles. The van der Waals surface area contributed by atoms with Crippen molar-refractivity contribution in [2.75, 3.05) is 38.0 Å². The van der Waals surface area contributed by atoms with Gasteiger partial charge in [-0.1, -0.05) is 18.0 Å². The second-order valence-corrected chi connectivity index (χ2v) is 8.95. The van der Waals surface area contributed by atoms with Crippen LogP contribution in [0.1, 0.15) is 32.1 Å². The third-order valence-electron chi connectivity index (χ3n) is 4.71. The molecule has 2 fully saturated rings. The van der Waals surface area contributed by atoms with Gasteiger partial charge in [-0.05, 0) is 57.0 Å². The predicted octanol–water partition coefficient (Wildman–Crippen LogP) is 2.55. The molecule has 3 rings (SSSR count). The Morgan fingerprint density at radius 2 is 1.68 bits per heavy atom. The number of rotatable bonds is 5. The molecule has 2 saturated heterocycles. The molecule has 1 N–H and O–H groups in total. The van der Waals surface area contributed by atoms with Crippen LogP contribution in [0.25, 0.3) is 0 Å². The number of carbonyl (C=O) groups excluding carboxylic acids is 1. The lowest BCUT2D eigenvalue weighted by atomic mass is 10.2. The van der Waals surface area contributed by atoms with E-state index in [0.29, 0.717) is 25.3 Å². The lowest BCUT2D eigenvalue weighted by molar-refractivity contribution is -0.117. The second-order valence-electron chi connectivity index (χ2n) is 6.64. The van der Waals surface area contributed by atoms with Gasteiger partial charge in [-0.3, -0.25) is 9.69 Å². The Balaban J connectivity index is 1.74. The monoisotopic (exact) mass is 385 g/mol. The molecule has 0 aliphatic carbocycles. The molecule has 0 aromatic heterocycles. The minimum Gasteiger partial charge on any atom is -0.325 e. The number of hydrogen-bond donors (Lipinski definition) is 1. The van der Waals surface area contributed by atoms with E-state index in [2.05, 4.69) is 10.2 Å². The molecule has 0 radical (unpaired) electrons. The molecule has 0 spiro atoms. The highest BCUT2D eigenvalue weighted by molar-refractivity contribution is 7.89. The zero-order valence-electron chi connectivity index (χ0n) is 14.2. The Morgan fingerprint density at radius 3 is 2.36 bits per heavy atom. The average Bonchev–Trinajstić information content (AvgIpc) is 3.10. The predicted molar refractivity (Wildman–Crippen MR) is 98.4 cm³/mol. The van der Waals surface area contributed by atoms with Crippen molar-refractivity contribution in [3.05, 3.63) is 23.2 Å². The van der Waals surface area contributed by atoms with Crippen LogP contribution in [0.15, 0.2) is 23.1 Å². The van der Waals surface area contributed by atoms with E-state index in [1.807, 2.05) is 0 Å². The minimum absolute atomic E-state index is 0.0649. The number of anilines is 1. The van der Waals surface area contributed by atoms with Crippen molar-refractivity contribution in [2.45, 2.75) is 37.0 Å². The first-order valence-corrected chi connectivity index (χ1v) is 10.6. The number of carbonyl (C=O) groups is 1. The smallest absolute Gasteiger partial charge is 0.244 e. The number of sulfonamides is 1. The first-order chi connectivity index (χ1) is 12.0. The fraction of sp³-hybridized carbons (Fsp3) is 0.588. The van der Waals surface area contributed by atoms with Crippen molar-refractivity contribution in [1.82, 2.24) is 9.21 Å². The van der Waals surface area contributed by atoms with Gasteiger partial charge in [0.25, 0.3) is 0 Å². The number of halogens is 1. The molecular formula is C17H24ClN3O3S. The van der Waals surface area contributed by atoms with Gasteiger partial charge in [-0.15, -0.1) is 0 Å². The molecule has 25 heavy (non-hydrogen) atoms. The molecule has 1 amide bonds. The SMILES string of the molecule is O=C(CN1CCCC1)Nc1ccc(Cl)c(S(=O)(=O)N2CCCCC2)c1. The molecule has 0 bridgehead atoms. The van der Waals surface area contributed by atoms with Crippen molar-refractivity contribution in [2.24, 2.45) is 0 Å². The maximum absolute atomic E-state index is 12.8. The van der Waals surface area contributed by atoms with Crippen LogP contribution in [0.4, 0.5) is 5.69 Å². The quantitative estimate of drug-likeness (QED) is 0.845. The number of benzene rings is 1. The number of amides is 1. The van der Waals surface area contributed by atoms with E-state index in [1.54, 1.807) is 6.07 Å². The van der Waals surface area contributed by atoms with E-state index < -0.39 is 10.0 Å². The van der Waals surface area contributed by atoms with Gasteiger partial charge >= 0.3 is 0 Å². The summed E-state index contributed by atoms with van der Waals surface area (Å²) in [7, 11) is -3.63. The third kappa shape index (κ3) is 4.53. The molecule has 6 nitrogen and oxygen atoms in total. The number of nitrogens with one attached hydrogen (secondary N) is 1. The maximum Gasteiger partial charge on any atom is 0.244 e. The Hall–Kier alpha value is -1.15. The molecule has 8 heteroatoms. The van der Waals surface area contributed by atoms with E-state index >= 15 is 0 Å². The summed E-state index contributed by atoms with van der Waals surface area (Å²) in [6, 6.07) is 4.64. The lowest BCUT2D eigenvalue weighted by Gasteiger charge is -2.26. The van der Waals surface area contributed by atoms with Gasteiger partial charge in [0.1, 0.15) is 4.90 Å². The maximum atomic E-state index is 12.8. The van der Waals surface area contributed by atoms with Crippen molar-refractivity contribution in [1.29, 1.82) is 0 Å². The molecule has 2 aliphatic rings. The van der Waals surface area contributed by atoms with Crippen LogP contribution in [-0.2, 0) is 14.8 Å². The van der Waals surface area contributed by atoms with Crippen molar-refractivity contribution < 1.29 is 13.2 Å². The highest BCUT2D eigenvalue weighted by atomic mass is 35.5. The first-order valence-electron chi connectivity index (χ1n) is 8.79. The molecule has 2 aliphatic heterocycles. The standard InChI is InChI=1S/C17H24ClN3O3S/c18-15-7-6-14(19-17(22)13-20-8-4-5-9-20)12-16(15)25(23,24)21-10-2-1-3-11-21/h6-7,12H,1-5,8-11,13H2,(H,19,22). The highest BCUT2D eigenvalue weighted by Gasteiger charge is 2.28. The summed E-state index contributed by atoms with van der Waals surface area (Å²) in [5, 5.41) is 2.97. The van der Waals surface area contributed by atoms with Crippen LogP contribution in [0, 0.1) is 0 Å². The fourth-order valence-corrected chi connectivity index (χ4v) is 5.38. The van der Waals surface area contributed by atoms with Gasteiger partial charge in [0, 0.05) is 18.8 Å². The van der Waals surface area contributed by atoms with Crippen molar-refractivity contribution >= 4 is 33.2 Å². The molecule has 0 unspecified atom stereocenters. The fourth-order valence-electron chi connectivity index (χ4n) is 3.37. The topological polar surface area (TPSA) is 69.7 Å². The van der Waals surface area contributed by atoms with Crippen LogP contribution < -0.4 is 5.32 Å². The summed E-state index contributed by atoms with van der Waals surface area (Å²) in [5.41, 5.74) is 0.462. The van der Waals surface area contributed by atoms with Crippen LogP contribution >= 0.6 is 11.6 Å². The van der Waals surface area contributed by atoms with Gasteiger partial charge in [0.15, 0.2) is 0 Å². The number of nitrogens with zero attached hydrogens (tertiary/aromatic N) is 2. The Kier molecular flexibility index (Phi) is 5.99. The normalized spacial score (nSPS) is 19.9. The molecule has 138 valence electrons. The number of hydrogen-bond acceptors (Lipinski definition) is 4. The Labute approximate surface area is 154 Å². The van der Waals surface area contributed by atoms with Crippen molar-refractivity contribution in [3.8, 4) is 0 Å². The molecule has 1 aromatic rings. The van der Waals surface area contributed by atoms with Crippen LogP contribution in [0.5, 0.6) is 0 Å². The molecule has 0 saturated carbocycles. The average molecular weight is 386 g/mol. The zero-order valence-corrected chi connectivity index (χ0v) is 15.8. The van der Waals surface area contributed by atoms with Gasteiger partial charge in [0.2, 0.25) is 15.9 Å². The largest absolute Gasteiger partial charge is 0.325 e. The van der Waals surface area contributed by atoms with Crippen LogP contribution in [-0.4, -0.2) is 56.3 Å². The van der Waals surface area contributed by atoms with Gasteiger partial charge in [-0.2, -0.15) is 4.31 Å². The van der Waals surface area contributed by atoms with E-state index in [1.165, 1.54) is 16.4 Å². The molecule has 2 heterocycles. The second kappa shape index (κ2) is 8.03. The summed E-state index contributed by atoms with van der Waals surface area (Å²) in [4.78, 5) is 14.3. The Bertz CT molecular complexity index is 727. The van der Waals surface area contributed by atoms with E-state index in [-0.39, 0.29) is 15.8 Å². The van der Waals surface area contributed by atoms with Gasteiger partial charge < -0.3 is 5.32 Å². The summed E-state index contributed by atoms with van der Waals surface area (Å²) in [6.07, 6.45) is 5.01. The van der Waals surface area contributed by atoms with E-state index in [9.17, 15) is 13.2 Å². The third-order valence-corrected chi connectivity index (χ3v) is 7.09. The minimum atomic E-state index is -3.63. The molecule has 0 atom stereocenters. The van der Waals surface area contributed by atoms with Crippen LogP contribution in [0.3, 0.4) is 0 Å². The van der Waals surface area contributed by atoms with Gasteiger partial charge in [-0.25, -0.2) is 8.42 Å². The zero-order chi connectivity index (χ0) is 17.9. The summed E-state index contributed by atoms with van der Waals surface area (Å²) < 4.78 is 27.2.